The number of para-hydroxylation sites is 1. The molecule has 8 heteroatoms. The van der Waals surface area contributed by atoms with Gasteiger partial charge in [0.25, 0.3) is 11.6 Å². The first kappa shape index (κ1) is 19.5. The molecule has 0 atom stereocenters. The second-order valence-corrected chi connectivity index (χ2v) is 6.62. The minimum Gasteiger partial charge on any atom is -0.358 e. The van der Waals surface area contributed by atoms with Gasteiger partial charge in [-0.15, -0.1) is 0 Å². The van der Waals surface area contributed by atoms with Crippen molar-refractivity contribution in [3.05, 3.63) is 64.2 Å². The SMILES string of the molecule is CCN1CCN(C)C/C1=N\c1ccc([N+](=O)[O-])cc1C(=O)Nc1ccccc1. The van der Waals surface area contributed by atoms with Crippen LogP contribution in [0, 0.1) is 10.1 Å². The molecule has 0 saturated carbocycles. The molecule has 0 aromatic heterocycles. The van der Waals surface area contributed by atoms with E-state index < -0.39 is 10.8 Å². The van der Waals surface area contributed by atoms with Crippen LogP contribution in [0.5, 0.6) is 0 Å². The van der Waals surface area contributed by atoms with Crippen molar-refractivity contribution in [1.82, 2.24) is 9.80 Å². The van der Waals surface area contributed by atoms with Crippen molar-refractivity contribution in [1.29, 1.82) is 0 Å². The lowest BCUT2D eigenvalue weighted by molar-refractivity contribution is -0.384. The predicted molar refractivity (Wildman–Crippen MR) is 109 cm³/mol. The molecule has 0 bridgehead atoms. The van der Waals surface area contributed by atoms with Crippen LogP contribution >= 0.6 is 0 Å². The molecule has 0 aliphatic carbocycles. The summed E-state index contributed by atoms with van der Waals surface area (Å²) in [6.45, 7) is 5.31. The second kappa shape index (κ2) is 8.62. The summed E-state index contributed by atoms with van der Waals surface area (Å²) in [5.74, 6) is 0.417. The first-order valence-corrected chi connectivity index (χ1v) is 9.14. The topological polar surface area (TPSA) is 91.1 Å². The highest BCUT2D eigenvalue weighted by molar-refractivity contribution is 6.08. The number of amides is 1. The van der Waals surface area contributed by atoms with Gasteiger partial charge in [0.2, 0.25) is 0 Å². The summed E-state index contributed by atoms with van der Waals surface area (Å²) in [7, 11) is 2.02. The first-order valence-electron chi connectivity index (χ1n) is 9.14. The van der Waals surface area contributed by atoms with Crippen molar-refractivity contribution >= 4 is 28.8 Å². The van der Waals surface area contributed by atoms with E-state index in [1.54, 1.807) is 24.3 Å². The van der Waals surface area contributed by atoms with Gasteiger partial charge in [0, 0.05) is 37.5 Å². The van der Waals surface area contributed by atoms with Crippen LogP contribution in [0.4, 0.5) is 17.1 Å². The Morgan fingerprint density at radius 2 is 1.96 bits per heavy atom. The number of piperazine rings is 1. The molecule has 1 saturated heterocycles. The normalized spacial score (nSPS) is 16.2. The average molecular weight is 381 g/mol. The number of benzene rings is 2. The number of nitrogens with zero attached hydrogens (tertiary/aromatic N) is 4. The van der Waals surface area contributed by atoms with Gasteiger partial charge < -0.3 is 10.2 Å². The molecule has 1 aliphatic heterocycles. The Morgan fingerprint density at radius 1 is 1.21 bits per heavy atom. The average Bonchev–Trinajstić information content (AvgIpc) is 2.69. The molecule has 0 unspecified atom stereocenters. The van der Waals surface area contributed by atoms with Crippen molar-refractivity contribution in [3.8, 4) is 0 Å². The summed E-state index contributed by atoms with van der Waals surface area (Å²) in [5, 5.41) is 14.0. The molecule has 1 amide bonds. The van der Waals surface area contributed by atoms with Crippen LogP contribution in [-0.4, -0.2) is 59.7 Å². The van der Waals surface area contributed by atoms with Crippen LogP contribution in [0.25, 0.3) is 0 Å². The molecule has 2 aromatic rings. The maximum Gasteiger partial charge on any atom is 0.270 e. The molecule has 1 heterocycles. The lowest BCUT2D eigenvalue weighted by Gasteiger charge is -2.34. The second-order valence-electron chi connectivity index (χ2n) is 6.62. The van der Waals surface area contributed by atoms with Crippen LogP contribution in [0.15, 0.2) is 53.5 Å². The molecule has 146 valence electrons. The van der Waals surface area contributed by atoms with E-state index in [1.807, 2.05) is 13.1 Å². The summed E-state index contributed by atoms with van der Waals surface area (Å²) >= 11 is 0. The Balaban J connectivity index is 1.99. The van der Waals surface area contributed by atoms with Crippen molar-refractivity contribution in [3.63, 3.8) is 0 Å². The Bertz CT molecular complexity index is 898. The highest BCUT2D eigenvalue weighted by atomic mass is 16.6. The highest BCUT2D eigenvalue weighted by Gasteiger charge is 2.21. The zero-order chi connectivity index (χ0) is 20.1. The Labute approximate surface area is 163 Å². The number of anilines is 1. The minimum atomic E-state index is -0.511. The van der Waals surface area contributed by atoms with E-state index in [1.165, 1.54) is 18.2 Å². The van der Waals surface area contributed by atoms with Crippen molar-refractivity contribution < 1.29 is 9.72 Å². The van der Waals surface area contributed by atoms with Crippen molar-refractivity contribution in [2.75, 3.05) is 38.5 Å². The third-order valence-electron chi connectivity index (χ3n) is 4.63. The molecule has 0 radical (unpaired) electrons. The molecule has 8 nitrogen and oxygen atoms in total. The van der Waals surface area contributed by atoms with Crippen molar-refractivity contribution in [2.24, 2.45) is 4.99 Å². The largest absolute Gasteiger partial charge is 0.358 e. The first-order chi connectivity index (χ1) is 13.5. The fourth-order valence-electron chi connectivity index (χ4n) is 3.06. The lowest BCUT2D eigenvalue weighted by atomic mass is 10.1. The maximum absolute atomic E-state index is 12.8. The number of rotatable bonds is 5. The third kappa shape index (κ3) is 4.52. The van der Waals surface area contributed by atoms with Gasteiger partial charge in [-0.05, 0) is 32.2 Å². The smallest absolute Gasteiger partial charge is 0.270 e. The van der Waals surface area contributed by atoms with Gasteiger partial charge in [-0.25, -0.2) is 4.99 Å². The number of hydrogen-bond donors (Lipinski definition) is 1. The molecule has 3 rings (SSSR count). The van der Waals surface area contributed by atoms with Crippen LogP contribution in [0.1, 0.15) is 17.3 Å². The number of hydrogen-bond acceptors (Lipinski definition) is 5. The van der Waals surface area contributed by atoms with Gasteiger partial charge in [-0.2, -0.15) is 0 Å². The summed E-state index contributed by atoms with van der Waals surface area (Å²) in [6, 6.07) is 13.2. The molecular formula is C20H23N5O3. The molecular weight excluding hydrogens is 358 g/mol. The Kier molecular flexibility index (Phi) is 6.00. The Morgan fingerprint density at radius 3 is 2.64 bits per heavy atom. The van der Waals surface area contributed by atoms with Crippen LogP contribution in [-0.2, 0) is 0 Å². The fraction of sp³-hybridized carbons (Fsp3) is 0.300. The summed E-state index contributed by atoms with van der Waals surface area (Å²) in [5.41, 5.74) is 1.07. The minimum absolute atomic E-state index is 0.143. The number of nitrogens with one attached hydrogen (secondary N) is 1. The van der Waals surface area contributed by atoms with E-state index in [2.05, 4.69) is 22.0 Å². The van der Waals surface area contributed by atoms with E-state index in [9.17, 15) is 14.9 Å². The molecule has 0 spiro atoms. The van der Waals surface area contributed by atoms with E-state index in [-0.39, 0.29) is 11.3 Å². The summed E-state index contributed by atoms with van der Waals surface area (Å²) < 4.78 is 0. The molecule has 2 aromatic carbocycles. The number of amidine groups is 1. The third-order valence-corrected chi connectivity index (χ3v) is 4.63. The lowest BCUT2D eigenvalue weighted by Crippen LogP contribution is -2.48. The van der Waals surface area contributed by atoms with E-state index in [4.69, 9.17) is 4.99 Å². The summed E-state index contributed by atoms with van der Waals surface area (Å²) in [4.78, 5) is 32.5. The van der Waals surface area contributed by atoms with Gasteiger partial charge >= 0.3 is 0 Å². The van der Waals surface area contributed by atoms with Crippen LogP contribution in [0.2, 0.25) is 0 Å². The summed E-state index contributed by atoms with van der Waals surface area (Å²) in [6.07, 6.45) is 0. The maximum atomic E-state index is 12.8. The predicted octanol–water partition coefficient (Wildman–Crippen LogP) is 3.14. The standard InChI is InChI=1S/C20H23N5O3/c1-3-24-12-11-23(2)14-19(24)22-18-10-9-16(25(27)28)13-17(18)20(26)21-15-7-5-4-6-8-15/h4-10,13H,3,11-12,14H2,1-2H3,(H,21,26)/b22-19+. The van der Waals surface area contributed by atoms with Crippen LogP contribution in [0.3, 0.4) is 0 Å². The number of non-ortho nitro benzene ring substituents is 1. The number of likely N-dealkylation sites (N-methyl/N-ethyl adjacent to an activating group) is 2. The van der Waals surface area contributed by atoms with Gasteiger partial charge in [-0.3, -0.25) is 19.8 Å². The van der Waals surface area contributed by atoms with Gasteiger partial charge in [0.1, 0.15) is 5.84 Å². The van der Waals surface area contributed by atoms with E-state index in [0.29, 0.717) is 17.9 Å². The molecule has 1 N–H and O–H groups in total. The number of carbonyl (C=O) groups excluding carboxylic acids is 1. The van der Waals surface area contributed by atoms with E-state index in [0.717, 1.165) is 25.5 Å². The number of nitro groups is 1. The van der Waals surface area contributed by atoms with E-state index >= 15 is 0 Å². The highest BCUT2D eigenvalue weighted by Crippen LogP contribution is 2.26. The van der Waals surface area contributed by atoms with Gasteiger partial charge in [0.15, 0.2) is 0 Å². The molecule has 28 heavy (non-hydrogen) atoms. The monoisotopic (exact) mass is 381 g/mol. The number of aliphatic imine (C=N–C) groups is 1. The zero-order valence-corrected chi connectivity index (χ0v) is 16.0. The zero-order valence-electron chi connectivity index (χ0n) is 16.0. The van der Waals surface area contributed by atoms with Gasteiger partial charge in [0.05, 0.1) is 22.7 Å². The number of carbonyl (C=O) groups is 1. The number of nitro benzene ring substituents is 1. The van der Waals surface area contributed by atoms with Crippen LogP contribution < -0.4 is 5.32 Å². The van der Waals surface area contributed by atoms with Gasteiger partial charge in [-0.1, -0.05) is 18.2 Å². The quantitative estimate of drug-likeness (QED) is 0.635. The Hall–Kier alpha value is -3.26. The molecule has 1 fully saturated rings. The molecule has 1 aliphatic rings. The van der Waals surface area contributed by atoms with Crippen molar-refractivity contribution in [2.45, 2.75) is 6.92 Å². The fourth-order valence-corrected chi connectivity index (χ4v) is 3.06.